The Labute approximate surface area is 119 Å². The van der Waals surface area contributed by atoms with Gasteiger partial charge in [-0.1, -0.05) is 0 Å². The summed E-state index contributed by atoms with van der Waals surface area (Å²) < 4.78 is 4.26. The maximum Gasteiger partial charge on any atom is 0.340 e. The highest BCUT2D eigenvalue weighted by molar-refractivity contribution is 7.10. The largest absolute Gasteiger partial charge is 0.361 e. The van der Waals surface area contributed by atoms with Gasteiger partial charge in [-0.3, -0.25) is 4.98 Å². The second-order valence-electron chi connectivity index (χ2n) is 4.88. The number of aryl methyl sites for hydroxylation is 1. The van der Waals surface area contributed by atoms with Crippen molar-refractivity contribution in [3.05, 3.63) is 27.6 Å². The van der Waals surface area contributed by atoms with E-state index in [2.05, 4.69) is 30.5 Å². The third-order valence-corrected chi connectivity index (χ3v) is 4.65. The zero-order chi connectivity index (χ0) is 14.1. The molecule has 0 amide bonds. The Kier molecular flexibility index (Phi) is 3.28. The van der Waals surface area contributed by atoms with Crippen LogP contribution in [0.25, 0.3) is 0 Å². The standard InChI is InChI=1S/C12H14N6OS/c1-7-9(6-13)11(20-17-7)18-4-2-8(3-5-18)10-14-12(19)16-15-10/h8H,2-5H2,1H3,(H2,14,15,16,19). The second kappa shape index (κ2) is 5.09. The minimum atomic E-state index is -0.257. The van der Waals surface area contributed by atoms with Gasteiger partial charge in [-0.05, 0) is 31.3 Å². The van der Waals surface area contributed by atoms with Gasteiger partial charge in [0, 0.05) is 19.0 Å². The summed E-state index contributed by atoms with van der Waals surface area (Å²) in [6.45, 7) is 3.55. The Morgan fingerprint density at radius 3 is 2.80 bits per heavy atom. The first-order valence-corrected chi connectivity index (χ1v) is 7.22. The summed E-state index contributed by atoms with van der Waals surface area (Å²) in [6, 6.07) is 2.23. The van der Waals surface area contributed by atoms with E-state index in [1.807, 2.05) is 6.92 Å². The Hall–Kier alpha value is -2.14. The van der Waals surface area contributed by atoms with Crippen molar-refractivity contribution in [2.75, 3.05) is 18.0 Å². The molecule has 8 heteroatoms. The number of nitrogens with one attached hydrogen (secondary N) is 2. The Balaban J connectivity index is 1.72. The van der Waals surface area contributed by atoms with Gasteiger partial charge in [-0.2, -0.15) is 14.7 Å². The molecule has 2 aromatic rings. The van der Waals surface area contributed by atoms with E-state index in [1.165, 1.54) is 11.5 Å². The van der Waals surface area contributed by atoms with E-state index < -0.39 is 0 Å². The normalized spacial score (nSPS) is 16.3. The molecule has 20 heavy (non-hydrogen) atoms. The van der Waals surface area contributed by atoms with Gasteiger partial charge in [0.25, 0.3) is 0 Å². The third-order valence-electron chi connectivity index (χ3n) is 3.64. The Morgan fingerprint density at radius 1 is 1.45 bits per heavy atom. The molecule has 0 spiro atoms. The summed E-state index contributed by atoms with van der Waals surface area (Å²) in [5.41, 5.74) is 1.22. The van der Waals surface area contributed by atoms with E-state index in [9.17, 15) is 10.1 Å². The lowest BCUT2D eigenvalue weighted by Gasteiger charge is -2.31. The highest BCUT2D eigenvalue weighted by Gasteiger charge is 2.26. The quantitative estimate of drug-likeness (QED) is 0.863. The van der Waals surface area contributed by atoms with Crippen LogP contribution in [0.1, 0.15) is 35.8 Å². The Bertz CT molecular complexity index is 700. The molecule has 2 aromatic heterocycles. The van der Waals surface area contributed by atoms with Crippen LogP contribution in [-0.2, 0) is 0 Å². The molecule has 2 N–H and O–H groups in total. The van der Waals surface area contributed by atoms with Crippen molar-refractivity contribution >= 4 is 16.5 Å². The summed E-state index contributed by atoms with van der Waals surface area (Å²) in [5, 5.41) is 16.6. The van der Waals surface area contributed by atoms with Gasteiger partial charge in [0.1, 0.15) is 22.5 Å². The van der Waals surface area contributed by atoms with Crippen molar-refractivity contribution in [1.82, 2.24) is 19.6 Å². The van der Waals surface area contributed by atoms with Crippen LogP contribution < -0.4 is 10.6 Å². The number of hydrogen-bond donors (Lipinski definition) is 2. The van der Waals surface area contributed by atoms with Crippen LogP contribution in [0.5, 0.6) is 0 Å². The lowest BCUT2D eigenvalue weighted by Crippen LogP contribution is -2.33. The van der Waals surface area contributed by atoms with Gasteiger partial charge in [0.15, 0.2) is 0 Å². The molecule has 3 heterocycles. The first-order valence-electron chi connectivity index (χ1n) is 6.45. The summed E-state index contributed by atoms with van der Waals surface area (Å²) in [4.78, 5) is 16.0. The Morgan fingerprint density at radius 2 is 2.20 bits per heavy atom. The third kappa shape index (κ3) is 2.20. The molecule has 1 aliphatic heterocycles. The van der Waals surface area contributed by atoms with E-state index in [1.54, 1.807) is 0 Å². The highest BCUT2D eigenvalue weighted by atomic mass is 32.1. The van der Waals surface area contributed by atoms with Crippen molar-refractivity contribution < 1.29 is 0 Å². The molecule has 0 saturated carbocycles. The van der Waals surface area contributed by atoms with Crippen molar-refractivity contribution in [1.29, 1.82) is 5.26 Å². The summed E-state index contributed by atoms with van der Waals surface area (Å²) >= 11 is 1.38. The first-order chi connectivity index (χ1) is 9.69. The second-order valence-corrected chi connectivity index (χ2v) is 5.64. The number of hydrogen-bond acceptors (Lipinski definition) is 6. The molecule has 0 radical (unpaired) electrons. The molecule has 104 valence electrons. The smallest absolute Gasteiger partial charge is 0.340 e. The van der Waals surface area contributed by atoms with E-state index in [4.69, 9.17) is 0 Å². The van der Waals surface area contributed by atoms with Gasteiger partial charge in [-0.25, -0.2) is 9.89 Å². The average Bonchev–Trinajstić information content (AvgIpc) is 3.05. The average molecular weight is 290 g/mol. The summed E-state index contributed by atoms with van der Waals surface area (Å²) in [6.07, 6.45) is 1.81. The summed E-state index contributed by atoms with van der Waals surface area (Å²) in [5.74, 6) is 1.00. The SMILES string of the molecule is Cc1nsc(N2CCC(c3n[nH]c(=O)[nH]3)CC2)c1C#N. The van der Waals surface area contributed by atoms with Crippen molar-refractivity contribution in [2.45, 2.75) is 25.7 Å². The molecule has 1 aliphatic rings. The fourth-order valence-electron chi connectivity index (χ4n) is 2.53. The molecule has 1 fully saturated rings. The maximum atomic E-state index is 11.1. The molecule has 1 saturated heterocycles. The van der Waals surface area contributed by atoms with E-state index in [0.29, 0.717) is 5.56 Å². The number of aromatic nitrogens is 4. The van der Waals surface area contributed by atoms with Crippen LogP contribution in [0.3, 0.4) is 0 Å². The van der Waals surface area contributed by atoms with Crippen LogP contribution in [-0.4, -0.2) is 32.6 Å². The van der Waals surface area contributed by atoms with Gasteiger partial charge in [-0.15, -0.1) is 0 Å². The van der Waals surface area contributed by atoms with Crippen LogP contribution >= 0.6 is 11.5 Å². The zero-order valence-corrected chi connectivity index (χ0v) is 11.8. The van der Waals surface area contributed by atoms with Crippen LogP contribution in [0.2, 0.25) is 0 Å². The molecular formula is C12H14N6OS. The fourth-order valence-corrected chi connectivity index (χ4v) is 3.43. The van der Waals surface area contributed by atoms with E-state index in [0.717, 1.165) is 42.5 Å². The molecule has 3 rings (SSSR count). The number of piperidine rings is 1. The minimum Gasteiger partial charge on any atom is -0.361 e. The van der Waals surface area contributed by atoms with Crippen molar-refractivity contribution in [2.24, 2.45) is 0 Å². The number of H-pyrrole nitrogens is 2. The molecule has 0 unspecified atom stereocenters. The van der Waals surface area contributed by atoms with Crippen molar-refractivity contribution in [3.8, 4) is 6.07 Å². The molecule has 7 nitrogen and oxygen atoms in total. The lowest BCUT2D eigenvalue weighted by molar-refractivity contribution is 0.488. The number of rotatable bonds is 2. The maximum absolute atomic E-state index is 11.1. The monoisotopic (exact) mass is 290 g/mol. The first kappa shape index (κ1) is 12.9. The van der Waals surface area contributed by atoms with E-state index in [-0.39, 0.29) is 11.6 Å². The van der Waals surface area contributed by atoms with Gasteiger partial charge >= 0.3 is 5.69 Å². The predicted molar refractivity (Wildman–Crippen MR) is 75.0 cm³/mol. The highest BCUT2D eigenvalue weighted by Crippen LogP contribution is 2.33. The molecule has 0 atom stereocenters. The molecule has 0 aromatic carbocycles. The number of nitrogens with zero attached hydrogens (tertiary/aromatic N) is 4. The van der Waals surface area contributed by atoms with Crippen LogP contribution in [0.4, 0.5) is 5.00 Å². The molecular weight excluding hydrogens is 276 g/mol. The summed E-state index contributed by atoms with van der Waals surface area (Å²) in [7, 11) is 0. The minimum absolute atomic E-state index is 0.257. The van der Waals surface area contributed by atoms with Gasteiger partial charge in [0.2, 0.25) is 0 Å². The van der Waals surface area contributed by atoms with E-state index >= 15 is 0 Å². The zero-order valence-electron chi connectivity index (χ0n) is 11.0. The fraction of sp³-hybridized carbons (Fsp3) is 0.500. The number of nitriles is 1. The molecule has 0 aliphatic carbocycles. The van der Waals surface area contributed by atoms with Gasteiger partial charge < -0.3 is 4.90 Å². The van der Waals surface area contributed by atoms with Crippen LogP contribution in [0.15, 0.2) is 4.79 Å². The lowest BCUT2D eigenvalue weighted by atomic mass is 9.96. The number of aromatic amines is 2. The number of anilines is 1. The predicted octanol–water partition coefficient (Wildman–Crippen LogP) is 1.12. The van der Waals surface area contributed by atoms with Gasteiger partial charge in [0.05, 0.1) is 5.69 Å². The van der Waals surface area contributed by atoms with Crippen molar-refractivity contribution in [3.63, 3.8) is 0 Å². The van der Waals surface area contributed by atoms with Crippen LogP contribution in [0, 0.1) is 18.3 Å². The topological polar surface area (TPSA) is 101 Å². The molecule has 0 bridgehead atoms.